The molecule has 1 heterocycles. The maximum atomic E-state index is 13.6. The van der Waals surface area contributed by atoms with Crippen molar-refractivity contribution in [2.75, 3.05) is 13.1 Å². The van der Waals surface area contributed by atoms with E-state index in [9.17, 15) is 12.8 Å². The molecule has 1 saturated heterocycles. The third-order valence-electron chi connectivity index (χ3n) is 3.94. The molecule has 0 amide bonds. The third-order valence-corrected chi connectivity index (χ3v) is 5.39. The number of hydrogen-bond donors (Lipinski definition) is 2. The Labute approximate surface area is 119 Å². The summed E-state index contributed by atoms with van der Waals surface area (Å²) in [6.07, 6.45) is 2.13. The molecule has 20 heavy (non-hydrogen) atoms. The van der Waals surface area contributed by atoms with Gasteiger partial charge in [0, 0.05) is 12.6 Å². The summed E-state index contributed by atoms with van der Waals surface area (Å²) >= 11 is 0. The van der Waals surface area contributed by atoms with Crippen LogP contribution in [0.2, 0.25) is 0 Å². The van der Waals surface area contributed by atoms with Gasteiger partial charge in [-0.05, 0) is 36.9 Å². The first kappa shape index (κ1) is 15.4. The van der Waals surface area contributed by atoms with Crippen molar-refractivity contribution in [2.24, 2.45) is 5.41 Å². The van der Waals surface area contributed by atoms with Crippen molar-refractivity contribution in [1.29, 1.82) is 0 Å². The maximum Gasteiger partial charge on any atom is 0.243 e. The molecule has 2 N–H and O–H groups in total. The highest BCUT2D eigenvalue weighted by Gasteiger charge is 2.33. The fourth-order valence-corrected chi connectivity index (χ4v) is 3.68. The SMILES string of the molecule is CC1(C)CCCNC1CNS(=O)(=O)c1ccccc1F. The van der Waals surface area contributed by atoms with Gasteiger partial charge >= 0.3 is 0 Å². The number of hydrogen-bond acceptors (Lipinski definition) is 3. The van der Waals surface area contributed by atoms with Gasteiger partial charge in [0.1, 0.15) is 10.7 Å². The average Bonchev–Trinajstić information content (AvgIpc) is 2.37. The van der Waals surface area contributed by atoms with Crippen molar-refractivity contribution >= 4 is 10.0 Å². The predicted molar refractivity (Wildman–Crippen MR) is 76.4 cm³/mol. The number of piperidine rings is 1. The number of benzene rings is 1. The van der Waals surface area contributed by atoms with Gasteiger partial charge in [0.05, 0.1) is 0 Å². The second kappa shape index (κ2) is 5.79. The number of nitrogens with one attached hydrogen (secondary N) is 2. The van der Waals surface area contributed by atoms with Crippen LogP contribution in [0.1, 0.15) is 26.7 Å². The highest BCUT2D eigenvalue weighted by molar-refractivity contribution is 7.89. The molecule has 0 spiro atoms. The summed E-state index contributed by atoms with van der Waals surface area (Å²) in [6, 6.07) is 5.47. The van der Waals surface area contributed by atoms with Gasteiger partial charge in [0.25, 0.3) is 0 Å². The van der Waals surface area contributed by atoms with Gasteiger partial charge in [-0.1, -0.05) is 26.0 Å². The Morgan fingerprint density at radius 2 is 2.10 bits per heavy atom. The van der Waals surface area contributed by atoms with Crippen LogP contribution in [0.25, 0.3) is 0 Å². The van der Waals surface area contributed by atoms with Gasteiger partial charge < -0.3 is 5.32 Å². The van der Waals surface area contributed by atoms with Crippen molar-refractivity contribution in [1.82, 2.24) is 10.0 Å². The molecule has 112 valence electrons. The lowest BCUT2D eigenvalue weighted by Crippen LogP contribution is -2.52. The molecule has 0 saturated carbocycles. The molecule has 1 aliphatic rings. The monoisotopic (exact) mass is 300 g/mol. The molecule has 1 fully saturated rings. The van der Waals surface area contributed by atoms with E-state index in [2.05, 4.69) is 23.9 Å². The smallest absolute Gasteiger partial charge is 0.243 e. The molecule has 1 aromatic carbocycles. The standard InChI is InChI=1S/C14H21FN2O2S/c1-14(2)8-5-9-16-13(14)10-17-20(18,19)12-7-4-3-6-11(12)15/h3-4,6-7,13,16-17H,5,8-10H2,1-2H3. The molecule has 0 radical (unpaired) electrons. The Bertz CT molecular complexity index is 572. The lowest BCUT2D eigenvalue weighted by atomic mass is 9.78. The first-order valence-corrected chi connectivity index (χ1v) is 8.29. The average molecular weight is 300 g/mol. The second-order valence-electron chi connectivity index (χ2n) is 5.88. The Hall–Kier alpha value is -0.980. The quantitative estimate of drug-likeness (QED) is 0.892. The van der Waals surface area contributed by atoms with Gasteiger partial charge in [-0.3, -0.25) is 0 Å². The van der Waals surface area contributed by atoms with Crippen LogP contribution in [-0.4, -0.2) is 27.5 Å². The van der Waals surface area contributed by atoms with E-state index in [1.807, 2.05) is 0 Å². The van der Waals surface area contributed by atoms with Crippen LogP contribution in [0.15, 0.2) is 29.2 Å². The molecular weight excluding hydrogens is 279 g/mol. The Morgan fingerprint density at radius 3 is 2.75 bits per heavy atom. The molecule has 1 aromatic rings. The molecular formula is C14H21FN2O2S. The lowest BCUT2D eigenvalue weighted by molar-refractivity contribution is 0.181. The van der Waals surface area contributed by atoms with Gasteiger partial charge in [-0.2, -0.15) is 0 Å². The first-order chi connectivity index (χ1) is 9.33. The van der Waals surface area contributed by atoms with Crippen molar-refractivity contribution in [2.45, 2.75) is 37.6 Å². The Balaban J connectivity index is 2.08. The van der Waals surface area contributed by atoms with Crippen LogP contribution in [-0.2, 0) is 10.0 Å². The van der Waals surface area contributed by atoms with Crippen LogP contribution in [0.5, 0.6) is 0 Å². The van der Waals surface area contributed by atoms with E-state index in [1.54, 1.807) is 0 Å². The molecule has 0 aromatic heterocycles. The summed E-state index contributed by atoms with van der Waals surface area (Å²) in [5.74, 6) is -0.726. The topological polar surface area (TPSA) is 58.2 Å². The molecule has 1 aliphatic heterocycles. The van der Waals surface area contributed by atoms with Gasteiger partial charge in [0.15, 0.2) is 0 Å². The second-order valence-corrected chi connectivity index (χ2v) is 7.62. The lowest BCUT2D eigenvalue weighted by Gasteiger charge is -2.39. The number of sulfonamides is 1. The molecule has 4 nitrogen and oxygen atoms in total. The Morgan fingerprint density at radius 1 is 1.40 bits per heavy atom. The van der Waals surface area contributed by atoms with Gasteiger partial charge in [-0.25, -0.2) is 17.5 Å². The number of rotatable bonds is 4. The van der Waals surface area contributed by atoms with Crippen molar-refractivity contribution in [3.05, 3.63) is 30.1 Å². The predicted octanol–water partition coefficient (Wildman–Crippen LogP) is 1.88. The minimum Gasteiger partial charge on any atom is -0.312 e. The molecule has 6 heteroatoms. The van der Waals surface area contributed by atoms with Crippen molar-refractivity contribution in [3.63, 3.8) is 0 Å². The summed E-state index contributed by atoms with van der Waals surface area (Å²) in [4.78, 5) is -0.298. The summed E-state index contributed by atoms with van der Waals surface area (Å²) in [6.45, 7) is 5.38. The zero-order valence-corrected chi connectivity index (χ0v) is 12.6. The molecule has 1 atom stereocenters. The van der Waals surface area contributed by atoms with Crippen LogP contribution in [0, 0.1) is 11.2 Å². The van der Waals surface area contributed by atoms with Crippen LogP contribution >= 0.6 is 0 Å². The summed E-state index contributed by atoms with van der Waals surface area (Å²) in [5, 5.41) is 3.33. The van der Waals surface area contributed by atoms with Crippen LogP contribution < -0.4 is 10.0 Å². The van der Waals surface area contributed by atoms with E-state index < -0.39 is 15.8 Å². The summed E-state index contributed by atoms with van der Waals surface area (Å²) < 4.78 is 40.3. The largest absolute Gasteiger partial charge is 0.312 e. The van der Waals surface area contributed by atoms with E-state index in [-0.39, 0.29) is 22.9 Å². The van der Waals surface area contributed by atoms with Crippen LogP contribution in [0.3, 0.4) is 0 Å². The highest BCUT2D eigenvalue weighted by atomic mass is 32.2. The zero-order chi connectivity index (χ0) is 14.8. The van der Waals surface area contributed by atoms with Crippen LogP contribution in [0.4, 0.5) is 4.39 Å². The summed E-state index contributed by atoms with van der Waals surface area (Å²) in [5.41, 5.74) is 0.0238. The number of halogens is 1. The maximum absolute atomic E-state index is 13.6. The first-order valence-electron chi connectivity index (χ1n) is 6.80. The highest BCUT2D eigenvalue weighted by Crippen LogP contribution is 2.29. The molecule has 0 aliphatic carbocycles. The van der Waals surface area contributed by atoms with E-state index >= 15 is 0 Å². The molecule has 1 unspecified atom stereocenters. The minimum absolute atomic E-state index is 0.0238. The van der Waals surface area contributed by atoms with Crippen molar-refractivity contribution < 1.29 is 12.8 Å². The fraction of sp³-hybridized carbons (Fsp3) is 0.571. The van der Waals surface area contributed by atoms with Crippen molar-refractivity contribution in [3.8, 4) is 0 Å². The van der Waals surface area contributed by atoms with E-state index in [0.29, 0.717) is 0 Å². The third kappa shape index (κ3) is 3.37. The minimum atomic E-state index is -3.81. The normalized spacial score (nSPS) is 22.6. The van der Waals surface area contributed by atoms with E-state index in [0.717, 1.165) is 25.5 Å². The zero-order valence-electron chi connectivity index (χ0n) is 11.8. The Kier molecular flexibility index (Phi) is 4.46. The summed E-state index contributed by atoms with van der Waals surface area (Å²) in [7, 11) is -3.81. The molecule has 2 rings (SSSR count). The van der Waals surface area contributed by atoms with E-state index in [4.69, 9.17) is 0 Å². The van der Waals surface area contributed by atoms with Gasteiger partial charge in [0.2, 0.25) is 10.0 Å². The molecule has 0 bridgehead atoms. The fourth-order valence-electron chi connectivity index (χ4n) is 2.55. The van der Waals surface area contributed by atoms with E-state index in [1.165, 1.54) is 18.2 Å². The van der Waals surface area contributed by atoms with Gasteiger partial charge in [-0.15, -0.1) is 0 Å².